The summed E-state index contributed by atoms with van der Waals surface area (Å²) >= 11 is 0. The molecule has 3 nitrogen and oxygen atoms in total. The quantitative estimate of drug-likeness (QED) is 0.910. The van der Waals surface area contributed by atoms with E-state index in [2.05, 4.69) is 11.4 Å². The number of rotatable bonds is 3. The van der Waals surface area contributed by atoms with E-state index in [-0.39, 0.29) is 5.91 Å². The molecule has 2 fully saturated rings. The summed E-state index contributed by atoms with van der Waals surface area (Å²) in [6.45, 7) is 1.83. The van der Waals surface area contributed by atoms with Crippen LogP contribution in [0.3, 0.4) is 0 Å². The summed E-state index contributed by atoms with van der Waals surface area (Å²) in [4.78, 5) is 14.4. The summed E-state index contributed by atoms with van der Waals surface area (Å²) < 4.78 is 0. The molecule has 1 heterocycles. The Labute approximate surface area is 121 Å². The van der Waals surface area contributed by atoms with E-state index in [9.17, 15) is 4.79 Å². The van der Waals surface area contributed by atoms with Crippen molar-refractivity contribution in [1.82, 2.24) is 4.90 Å². The molecule has 0 atom stereocenters. The third-order valence-corrected chi connectivity index (χ3v) is 4.48. The topological polar surface area (TPSA) is 32.3 Å². The van der Waals surface area contributed by atoms with E-state index in [0.29, 0.717) is 6.04 Å². The Morgan fingerprint density at radius 2 is 1.80 bits per heavy atom. The normalized spacial score (nSPS) is 20.1. The van der Waals surface area contributed by atoms with Gasteiger partial charge in [-0.15, -0.1) is 0 Å². The monoisotopic (exact) mass is 272 g/mol. The van der Waals surface area contributed by atoms with E-state index in [0.717, 1.165) is 37.2 Å². The van der Waals surface area contributed by atoms with Gasteiger partial charge in [0.1, 0.15) is 0 Å². The van der Waals surface area contributed by atoms with Gasteiger partial charge in [-0.3, -0.25) is 4.79 Å². The summed E-state index contributed by atoms with van der Waals surface area (Å²) in [6.07, 6.45) is 8.81. The maximum absolute atomic E-state index is 12.4. The van der Waals surface area contributed by atoms with Crippen LogP contribution in [0.25, 0.3) is 0 Å². The van der Waals surface area contributed by atoms with Crippen LogP contribution in [0.5, 0.6) is 0 Å². The van der Waals surface area contributed by atoms with E-state index in [1.165, 1.54) is 32.1 Å². The third kappa shape index (κ3) is 3.14. The first-order chi connectivity index (χ1) is 9.83. The van der Waals surface area contributed by atoms with Crippen LogP contribution < -0.4 is 5.32 Å². The molecule has 1 aliphatic heterocycles. The Morgan fingerprint density at radius 3 is 2.55 bits per heavy atom. The molecule has 1 aromatic carbocycles. The van der Waals surface area contributed by atoms with Crippen LogP contribution >= 0.6 is 0 Å². The van der Waals surface area contributed by atoms with E-state index >= 15 is 0 Å². The lowest BCUT2D eigenvalue weighted by Crippen LogP contribution is -2.28. The van der Waals surface area contributed by atoms with Crippen molar-refractivity contribution in [3.8, 4) is 0 Å². The molecule has 0 spiro atoms. The van der Waals surface area contributed by atoms with Crippen LogP contribution in [0.2, 0.25) is 0 Å². The summed E-state index contributed by atoms with van der Waals surface area (Å²) in [7, 11) is 0. The predicted molar refractivity (Wildman–Crippen MR) is 82.1 cm³/mol. The second-order valence-corrected chi connectivity index (χ2v) is 6.06. The first kappa shape index (κ1) is 13.5. The van der Waals surface area contributed by atoms with Gasteiger partial charge in [0.25, 0.3) is 5.91 Å². The molecule has 3 heteroatoms. The Morgan fingerprint density at radius 1 is 1.05 bits per heavy atom. The zero-order chi connectivity index (χ0) is 13.8. The van der Waals surface area contributed by atoms with Crippen LogP contribution in [0.4, 0.5) is 5.69 Å². The van der Waals surface area contributed by atoms with Crippen molar-refractivity contribution in [3.63, 3.8) is 0 Å². The number of anilines is 1. The van der Waals surface area contributed by atoms with E-state index in [1.807, 2.05) is 23.1 Å². The number of nitrogens with one attached hydrogen (secondary N) is 1. The van der Waals surface area contributed by atoms with Gasteiger partial charge in [-0.25, -0.2) is 0 Å². The minimum absolute atomic E-state index is 0.190. The van der Waals surface area contributed by atoms with Gasteiger partial charge in [0.15, 0.2) is 0 Å². The molecule has 1 aliphatic carbocycles. The number of nitrogens with zero attached hydrogens (tertiary/aromatic N) is 1. The Bertz CT molecular complexity index is 460. The molecule has 2 aliphatic rings. The highest BCUT2D eigenvalue weighted by atomic mass is 16.2. The first-order valence-electron chi connectivity index (χ1n) is 7.99. The van der Waals surface area contributed by atoms with E-state index < -0.39 is 0 Å². The maximum atomic E-state index is 12.4. The number of hydrogen-bond acceptors (Lipinski definition) is 2. The number of likely N-dealkylation sites (tertiary alicyclic amines) is 1. The lowest BCUT2D eigenvalue weighted by molar-refractivity contribution is 0.0793. The smallest absolute Gasteiger partial charge is 0.253 e. The molecule has 1 aromatic rings. The second kappa shape index (κ2) is 6.29. The molecule has 108 valence electrons. The largest absolute Gasteiger partial charge is 0.382 e. The predicted octanol–water partition coefficient (Wildman–Crippen LogP) is 3.67. The van der Waals surface area contributed by atoms with Crippen molar-refractivity contribution in [2.24, 2.45) is 0 Å². The minimum Gasteiger partial charge on any atom is -0.382 e. The van der Waals surface area contributed by atoms with Gasteiger partial charge >= 0.3 is 0 Å². The fraction of sp³-hybridized carbons (Fsp3) is 0.588. The molecule has 0 radical (unpaired) electrons. The second-order valence-electron chi connectivity index (χ2n) is 6.06. The highest BCUT2D eigenvalue weighted by Crippen LogP contribution is 2.23. The van der Waals surface area contributed by atoms with E-state index in [4.69, 9.17) is 0 Å². The van der Waals surface area contributed by atoms with Gasteiger partial charge in [0, 0.05) is 30.4 Å². The summed E-state index contributed by atoms with van der Waals surface area (Å²) in [5, 5.41) is 3.60. The average Bonchev–Trinajstić information content (AvgIpc) is 3.02. The minimum atomic E-state index is 0.190. The molecular formula is C17H24N2O. The van der Waals surface area contributed by atoms with Crippen molar-refractivity contribution >= 4 is 11.6 Å². The number of benzene rings is 1. The lowest BCUT2D eigenvalue weighted by Gasteiger charge is -2.24. The standard InChI is InChI=1S/C17H24N2O/c20-17(19-11-4-5-12-19)14-7-6-10-16(13-14)18-15-8-2-1-3-9-15/h6-7,10,13,15,18H,1-5,8-9,11-12H2. The van der Waals surface area contributed by atoms with Crippen molar-refractivity contribution in [3.05, 3.63) is 29.8 Å². The van der Waals surface area contributed by atoms with Gasteiger partial charge in [0.2, 0.25) is 0 Å². The molecule has 0 bridgehead atoms. The van der Waals surface area contributed by atoms with Gasteiger partial charge in [-0.05, 0) is 43.9 Å². The van der Waals surface area contributed by atoms with Crippen LogP contribution in [0, 0.1) is 0 Å². The van der Waals surface area contributed by atoms with Gasteiger partial charge in [-0.1, -0.05) is 25.3 Å². The molecule has 1 saturated carbocycles. The SMILES string of the molecule is O=C(c1cccc(NC2CCCCC2)c1)N1CCCC1. The van der Waals surface area contributed by atoms with Gasteiger partial charge in [-0.2, -0.15) is 0 Å². The number of hydrogen-bond donors (Lipinski definition) is 1. The third-order valence-electron chi connectivity index (χ3n) is 4.48. The molecule has 0 unspecified atom stereocenters. The average molecular weight is 272 g/mol. The summed E-state index contributed by atoms with van der Waals surface area (Å²) in [6, 6.07) is 8.62. The molecule has 1 saturated heterocycles. The zero-order valence-electron chi connectivity index (χ0n) is 12.1. The summed E-state index contributed by atoms with van der Waals surface area (Å²) in [5.74, 6) is 0.190. The lowest BCUT2D eigenvalue weighted by atomic mass is 9.95. The Balaban J connectivity index is 1.67. The number of carbonyl (C=O) groups excluding carboxylic acids is 1. The number of amides is 1. The molecular weight excluding hydrogens is 248 g/mol. The Hall–Kier alpha value is -1.51. The van der Waals surface area contributed by atoms with Crippen molar-refractivity contribution < 1.29 is 4.79 Å². The summed E-state index contributed by atoms with van der Waals surface area (Å²) in [5.41, 5.74) is 1.93. The molecule has 1 amide bonds. The van der Waals surface area contributed by atoms with Crippen LogP contribution in [-0.2, 0) is 0 Å². The fourth-order valence-corrected chi connectivity index (χ4v) is 3.33. The first-order valence-corrected chi connectivity index (χ1v) is 7.99. The highest BCUT2D eigenvalue weighted by Gasteiger charge is 2.20. The van der Waals surface area contributed by atoms with E-state index in [1.54, 1.807) is 0 Å². The molecule has 0 aromatic heterocycles. The van der Waals surface area contributed by atoms with Crippen molar-refractivity contribution in [2.45, 2.75) is 51.0 Å². The fourth-order valence-electron chi connectivity index (χ4n) is 3.33. The zero-order valence-corrected chi connectivity index (χ0v) is 12.1. The maximum Gasteiger partial charge on any atom is 0.253 e. The van der Waals surface area contributed by atoms with Gasteiger partial charge < -0.3 is 10.2 Å². The van der Waals surface area contributed by atoms with Crippen LogP contribution in [0.1, 0.15) is 55.3 Å². The van der Waals surface area contributed by atoms with Crippen molar-refractivity contribution in [1.29, 1.82) is 0 Å². The molecule has 20 heavy (non-hydrogen) atoms. The number of carbonyl (C=O) groups is 1. The van der Waals surface area contributed by atoms with Crippen molar-refractivity contribution in [2.75, 3.05) is 18.4 Å². The van der Waals surface area contributed by atoms with Crippen LogP contribution in [-0.4, -0.2) is 29.9 Å². The highest BCUT2D eigenvalue weighted by molar-refractivity contribution is 5.95. The molecule has 1 N–H and O–H groups in total. The Kier molecular flexibility index (Phi) is 4.24. The molecule has 3 rings (SSSR count). The van der Waals surface area contributed by atoms with Crippen LogP contribution in [0.15, 0.2) is 24.3 Å². The van der Waals surface area contributed by atoms with Gasteiger partial charge in [0.05, 0.1) is 0 Å².